The number of nitrogens with one attached hydrogen (secondary N) is 1. The van der Waals surface area contributed by atoms with Crippen LogP contribution in [0.1, 0.15) is 15.9 Å². The SMILES string of the molecule is N=Cc1c(O)ccc2ccccc12.NC(=O)c1ccccc1. The third kappa shape index (κ3) is 3.49. The van der Waals surface area contributed by atoms with E-state index in [1.807, 2.05) is 36.4 Å². The van der Waals surface area contributed by atoms with Crippen LogP contribution in [-0.4, -0.2) is 17.2 Å². The van der Waals surface area contributed by atoms with E-state index in [-0.39, 0.29) is 11.7 Å². The third-order valence-corrected chi connectivity index (χ3v) is 3.15. The molecule has 0 unspecified atom stereocenters. The van der Waals surface area contributed by atoms with Gasteiger partial charge < -0.3 is 16.2 Å². The maximum atomic E-state index is 10.4. The predicted octanol–water partition coefficient (Wildman–Crippen LogP) is 3.33. The Morgan fingerprint density at radius 2 is 1.59 bits per heavy atom. The van der Waals surface area contributed by atoms with Crippen LogP contribution in [0, 0.1) is 5.41 Å². The van der Waals surface area contributed by atoms with Gasteiger partial charge in [-0.15, -0.1) is 0 Å². The summed E-state index contributed by atoms with van der Waals surface area (Å²) in [5.74, 6) is -0.218. The van der Waals surface area contributed by atoms with Crippen molar-refractivity contribution in [2.75, 3.05) is 0 Å². The Bertz CT molecular complexity index is 799. The molecule has 3 aromatic carbocycles. The van der Waals surface area contributed by atoms with Crippen LogP contribution in [0.4, 0.5) is 0 Å². The molecule has 0 heterocycles. The van der Waals surface area contributed by atoms with Crippen LogP contribution in [0.5, 0.6) is 5.75 Å². The van der Waals surface area contributed by atoms with Crippen LogP contribution in [0.25, 0.3) is 10.8 Å². The number of nitrogens with two attached hydrogens (primary N) is 1. The standard InChI is InChI=1S/C11H9NO.C7H7NO/c12-7-10-9-4-2-1-3-8(9)5-6-11(10)13;8-7(9)6-4-2-1-3-5-6/h1-7,12-13H;1-5H,(H2,8,9). The summed E-state index contributed by atoms with van der Waals surface area (Å²) in [6.07, 6.45) is 1.18. The van der Waals surface area contributed by atoms with Crippen molar-refractivity contribution >= 4 is 22.9 Å². The fourth-order valence-corrected chi connectivity index (χ4v) is 2.04. The van der Waals surface area contributed by atoms with Gasteiger partial charge in [0.2, 0.25) is 5.91 Å². The highest BCUT2D eigenvalue weighted by Gasteiger charge is 2.02. The van der Waals surface area contributed by atoms with E-state index in [0.29, 0.717) is 11.1 Å². The molecule has 3 aromatic rings. The van der Waals surface area contributed by atoms with E-state index < -0.39 is 0 Å². The highest BCUT2D eigenvalue weighted by molar-refractivity contribution is 6.01. The fraction of sp³-hybridized carbons (Fsp3) is 0. The van der Waals surface area contributed by atoms with Crippen LogP contribution in [0.15, 0.2) is 66.7 Å². The van der Waals surface area contributed by atoms with Gasteiger partial charge in [0.1, 0.15) is 5.75 Å². The number of fused-ring (bicyclic) bond motifs is 1. The zero-order valence-corrected chi connectivity index (χ0v) is 11.9. The van der Waals surface area contributed by atoms with Crippen LogP contribution < -0.4 is 5.73 Å². The summed E-state index contributed by atoms with van der Waals surface area (Å²) in [5.41, 5.74) is 6.11. The molecular weight excluding hydrogens is 276 g/mol. The Morgan fingerprint density at radius 3 is 2.18 bits per heavy atom. The lowest BCUT2D eigenvalue weighted by molar-refractivity contribution is 0.100. The van der Waals surface area contributed by atoms with Crippen LogP contribution in [0.2, 0.25) is 0 Å². The van der Waals surface area contributed by atoms with Gasteiger partial charge >= 0.3 is 0 Å². The Labute approximate surface area is 128 Å². The number of benzene rings is 3. The van der Waals surface area contributed by atoms with Gasteiger partial charge in [0.25, 0.3) is 0 Å². The van der Waals surface area contributed by atoms with Crippen LogP contribution >= 0.6 is 0 Å². The number of aromatic hydroxyl groups is 1. The molecule has 0 aliphatic rings. The van der Waals surface area contributed by atoms with Gasteiger partial charge in [-0.3, -0.25) is 4.79 Å². The van der Waals surface area contributed by atoms with E-state index in [1.165, 1.54) is 6.21 Å². The second-order valence-electron chi connectivity index (χ2n) is 4.59. The molecule has 22 heavy (non-hydrogen) atoms. The molecule has 3 rings (SSSR count). The Balaban J connectivity index is 0.000000172. The van der Waals surface area contributed by atoms with Crippen molar-refractivity contribution in [3.05, 3.63) is 77.9 Å². The quantitative estimate of drug-likeness (QED) is 0.633. The summed E-state index contributed by atoms with van der Waals surface area (Å²) in [4.78, 5) is 10.4. The van der Waals surface area contributed by atoms with Crippen molar-refractivity contribution in [3.63, 3.8) is 0 Å². The highest BCUT2D eigenvalue weighted by Crippen LogP contribution is 2.24. The first-order valence-corrected chi connectivity index (χ1v) is 6.69. The maximum Gasteiger partial charge on any atom is 0.248 e. The lowest BCUT2D eigenvalue weighted by Crippen LogP contribution is -2.09. The Kier molecular flexibility index (Phi) is 4.88. The van der Waals surface area contributed by atoms with E-state index in [2.05, 4.69) is 0 Å². The first kappa shape index (κ1) is 15.3. The number of amides is 1. The Hall–Kier alpha value is -3.14. The predicted molar refractivity (Wildman–Crippen MR) is 88.5 cm³/mol. The normalized spacial score (nSPS) is 9.64. The number of rotatable bonds is 2. The Morgan fingerprint density at radius 1 is 0.955 bits per heavy atom. The monoisotopic (exact) mass is 292 g/mol. The van der Waals surface area contributed by atoms with E-state index >= 15 is 0 Å². The number of primary amides is 1. The topological polar surface area (TPSA) is 87.2 Å². The first-order chi connectivity index (χ1) is 10.6. The summed E-state index contributed by atoms with van der Waals surface area (Å²) in [6, 6.07) is 19.9. The molecule has 4 nitrogen and oxygen atoms in total. The molecule has 4 N–H and O–H groups in total. The summed E-state index contributed by atoms with van der Waals surface area (Å²) in [6.45, 7) is 0. The molecule has 0 spiro atoms. The summed E-state index contributed by atoms with van der Waals surface area (Å²) in [5, 5.41) is 18.6. The second kappa shape index (κ2) is 7.04. The summed E-state index contributed by atoms with van der Waals surface area (Å²) in [7, 11) is 0. The molecule has 0 saturated carbocycles. The van der Waals surface area contributed by atoms with Crippen molar-refractivity contribution in [3.8, 4) is 5.75 Å². The molecule has 0 aromatic heterocycles. The van der Waals surface area contributed by atoms with E-state index in [1.54, 1.807) is 30.3 Å². The molecule has 0 saturated heterocycles. The van der Waals surface area contributed by atoms with Gasteiger partial charge in [-0.25, -0.2) is 0 Å². The number of phenolic OH excluding ortho intramolecular Hbond substituents is 1. The molecule has 110 valence electrons. The number of carbonyl (C=O) groups excluding carboxylic acids is 1. The zero-order chi connectivity index (χ0) is 15.9. The minimum atomic E-state index is -0.379. The lowest BCUT2D eigenvalue weighted by atomic mass is 10.0. The average molecular weight is 292 g/mol. The summed E-state index contributed by atoms with van der Waals surface area (Å²) >= 11 is 0. The maximum absolute atomic E-state index is 10.4. The summed E-state index contributed by atoms with van der Waals surface area (Å²) < 4.78 is 0. The van der Waals surface area contributed by atoms with Gasteiger partial charge in [-0.05, 0) is 29.0 Å². The van der Waals surface area contributed by atoms with E-state index in [9.17, 15) is 9.90 Å². The van der Waals surface area contributed by atoms with Crippen molar-refractivity contribution in [1.29, 1.82) is 5.41 Å². The third-order valence-electron chi connectivity index (χ3n) is 3.15. The molecule has 0 radical (unpaired) electrons. The highest BCUT2D eigenvalue weighted by atomic mass is 16.3. The van der Waals surface area contributed by atoms with E-state index in [0.717, 1.165) is 10.8 Å². The minimum absolute atomic E-state index is 0.161. The number of hydrogen-bond donors (Lipinski definition) is 3. The average Bonchev–Trinajstić information content (AvgIpc) is 2.56. The van der Waals surface area contributed by atoms with Gasteiger partial charge in [0, 0.05) is 17.3 Å². The lowest BCUT2D eigenvalue weighted by Gasteiger charge is -2.03. The van der Waals surface area contributed by atoms with Gasteiger partial charge in [-0.2, -0.15) is 0 Å². The van der Waals surface area contributed by atoms with Crippen molar-refractivity contribution < 1.29 is 9.90 Å². The second-order valence-corrected chi connectivity index (χ2v) is 4.59. The zero-order valence-electron chi connectivity index (χ0n) is 11.9. The molecule has 4 heteroatoms. The number of phenols is 1. The van der Waals surface area contributed by atoms with Crippen LogP contribution in [-0.2, 0) is 0 Å². The molecule has 0 aliphatic carbocycles. The van der Waals surface area contributed by atoms with Gasteiger partial charge in [0.05, 0.1) is 0 Å². The molecule has 0 aliphatic heterocycles. The largest absolute Gasteiger partial charge is 0.507 e. The smallest absolute Gasteiger partial charge is 0.248 e. The minimum Gasteiger partial charge on any atom is -0.507 e. The number of hydrogen-bond acceptors (Lipinski definition) is 3. The number of carbonyl (C=O) groups is 1. The van der Waals surface area contributed by atoms with Crippen molar-refractivity contribution in [2.24, 2.45) is 5.73 Å². The van der Waals surface area contributed by atoms with Crippen LogP contribution in [0.3, 0.4) is 0 Å². The van der Waals surface area contributed by atoms with E-state index in [4.69, 9.17) is 11.1 Å². The fourth-order valence-electron chi connectivity index (χ4n) is 2.04. The van der Waals surface area contributed by atoms with Crippen molar-refractivity contribution in [2.45, 2.75) is 0 Å². The van der Waals surface area contributed by atoms with Gasteiger partial charge in [0.15, 0.2) is 0 Å². The van der Waals surface area contributed by atoms with Crippen molar-refractivity contribution in [1.82, 2.24) is 0 Å². The molecule has 0 bridgehead atoms. The molecule has 0 fully saturated rings. The van der Waals surface area contributed by atoms with Gasteiger partial charge in [-0.1, -0.05) is 48.5 Å². The molecular formula is C18H16N2O2. The molecule has 0 atom stereocenters. The first-order valence-electron chi connectivity index (χ1n) is 6.69. The molecule has 1 amide bonds.